The predicted molar refractivity (Wildman–Crippen MR) is 82.2 cm³/mol. The third kappa shape index (κ3) is 3.52. The molecule has 0 saturated heterocycles. The van der Waals surface area contributed by atoms with Crippen LogP contribution in [0.5, 0.6) is 11.5 Å². The van der Waals surface area contributed by atoms with E-state index in [1.165, 1.54) is 6.20 Å². The van der Waals surface area contributed by atoms with Crippen LogP contribution in [0.15, 0.2) is 30.6 Å². The van der Waals surface area contributed by atoms with Crippen LogP contribution < -0.4 is 14.8 Å². The van der Waals surface area contributed by atoms with Gasteiger partial charge in [-0.15, -0.1) is 0 Å². The van der Waals surface area contributed by atoms with Crippen molar-refractivity contribution in [1.82, 2.24) is 15.3 Å². The number of ether oxygens (including phenoxy) is 2. The number of carbonyl (C=O) groups is 1. The summed E-state index contributed by atoms with van der Waals surface area (Å²) in [5, 5.41) is 2.88. The molecular formula is C16H19N3O3. The number of methoxy groups -OCH3 is 2. The number of hydrogen-bond acceptors (Lipinski definition) is 5. The first-order valence-electron chi connectivity index (χ1n) is 6.86. The topological polar surface area (TPSA) is 73.3 Å². The van der Waals surface area contributed by atoms with Gasteiger partial charge in [-0.1, -0.05) is 0 Å². The van der Waals surface area contributed by atoms with E-state index in [1.54, 1.807) is 26.5 Å². The van der Waals surface area contributed by atoms with Crippen molar-refractivity contribution >= 4 is 5.91 Å². The molecule has 6 nitrogen and oxygen atoms in total. The lowest BCUT2D eigenvalue weighted by molar-refractivity contribution is 0.0934. The Morgan fingerprint density at radius 3 is 2.55 bits per heavy atom. The number of rotatable bonds is 5. The molecular weight excluding hydrogens is 282 g/mol. The van der Waals surface area contributed by atoms with Crippen molar-refractivity contribution in [3.8, 4) is 11.5 Å². The lowest BCUT2D eigenvalue weighted by atomic mass is 10.1. The number of nitrogens with zero attached hydrogens (tertiary/aromatic N) is 2. The zero-order valence-corrected chi connectivity index (χ0v) is 13.1. The molecule has 0 saturated carbocycles. The molecule has 0 aliphatic heterocycles. The molecule has 1 aromatic heterocycles. The number of benzene rings is 1. The van der Waals surface area contributed by atoms with Gasteiger partial charge < -0.3 is 14.8 Å². The van der Waals surface area contributed by atoms with Crippen molar-refractivity contribution in [3.63, 3.8) is 0 Å². The summed E-state index contributed by atoms with van der Waals surface area (Å²) in [5.74, 6) is 1.07. The van der Waals surface area contributed by atoms with E-state index in [9.17, 15) is 4.79 Å². The highest BCUT2D eigenvalue weighted by Crippen LogP contribution is 2.29. The Morgan fingerprint density at radius 1 is 1.18 bits per heavy atom. The fourth-order valence-electron chi connectivity index (χ4n) is 2.03. The molecule has 6 heteroatoms. The molecule has 1 unspecified atom stereocenters. The van der Waals surface area contributed by atoms with Gasteiger partial charge >= 0.3 is 0 Å². The summed E-state index contributed by atoms with van der Waals surface area (Å²) in [4.78, 5) is 20.3. The van der Waals surface area contributed by atoms with Crippen LogP contribution in [0.1, 0.15) is 34.7 Å². The lowest BCUT2D eigenvalue weighted by Gasteiger charge is -2.17. The second-order valence-corrected chi connectivity index (χ2v) is 4.85. The predicted octanol–water partition coefficient (Wildman–Crippen LogP) is 2.29. The number of amides is 1. The maximum absolute atomic E-state index is 12.2. The smallest absolute Gasteiger partial charge is 0.271 e. The summed E-state index contributed by atoms with van der Waals surface area (Å²) in [5.41, 5.74) is 1.91. The number of hydrogen-bond donors (Lipinski definition) is 1. The number of aryl methyl sites for hydroxylation is 1. The second-order valence-electron chi connectivity index (χ2n) is 4.85. The molecule has 0 aliphatic carbocycles. The average molecular weight is 301 g/mol. The fraction of sp³-hybridized carbons (Fsp3) is 0.312. The van der Waals surface area contributed by atoms with Gasteiger partial charge in [0.1, 0.15) is 17.2 Å². The van der Waals surface area contributed by atoms with E-state index < -0.39 is 0 Å². The van der Waals surface area contributed by atoms with Crippen LogP contribution in [-0.2, 0) is 0 Å². The van der Waals surface area contributed by atoms with Gasteiger partial charge in [-0.05, 0) is 26.0 Å². The Kier molecular flexibility index (Phi) is 4.93. The summed E-state index contributed by atoms with van der Waals surface area (Å²) < 4.78 is 10.5. The molecule has 1 amide bonds. The van der Waals surface area contributed by atoms with Gasteiger partial charge in [-0.2, -0.15) is 0 Å². The normalized spacial score (nSPS) is 11.6. The molecule has 116 valence electrons. The molecule has 0 spiro atoms. The standard InChI is InChI=1S/C16H19N3O3/c1-10-8-18-14(9-17-10)16(20)19-11(2)13-6-5-12(21-3)7-15(13)22-4/h5-9,11H,1-4H3,(H,19,20). The average Bonchev–Trinajstić information content (AvgIpc) is 2.54. The van der Waals surface area contributed by atoms with Gasteiger partial charge in [0.05, 0.1) is 32.2 Å². The molecule has 1 aromatic carbocycles. The summed E-state index contributed by atoms with van der Waals surface area (Å²) >= 11 is 0. The molecule has 0 aliphatic rings. The van der Waals surface area contributed by atoms with Crippen LogP contribution in [0, 0.1) is 6.92 Å². The summed E-state index contributed by atoms with van der Waals surface area (Å²) in [6.45, 7) is 3.70. The maximum Gasteiger partial charge on any atom is 0.271 e. The van der Waals surface area contributed by atoms with Crippen LogP contribution in [0.2, 0.25) is 0 Å². The Balaban J connectivity index is 2.16. The van der Waals surface area contributed by atoms with E-state index in [-0.39, 0.29) is 17.6 Å². The minimum Gasteiger partial charge on any atom is -0.497 e. The van der Waals surface area contributed by atoms with Crippen molar-refractivity contribution in [3.05, 3.63) is 47.5 Å². The summed E-state index contributed by atoms with van der Waals surface area (Å²) in [7, 11) is 3.17. The van der Waals surface area contributed by atoms with E-state index in [1.807, 2.05) is 26.0 Å². The zero-order valence-electron chi connectivity index (χ0n) is 13.1. The molecule has 0 bridgehead atoms. The van der Waals surface area contributed by atoms with E-state index in [0.29, 0.717) is 11.5 Å². The van der Waals surface area contributed by atoms with Crippen LogP contribution in [-0.4, -0.2) is 30.1 Å². The first kappa shape index (κ1) is 15.8. The highest BCUT2D eigenvalue weighted by Gasteiger charge is 2.16. The van der Waals surface area contributed by atoms with Crippen molar-refractivity contribution in [2.45, 2.75) is 19.9 Å². The van der Waals surface area contributed by atoms with Crippen molar-refractivity contribution in [2.24, 2.45) is 0 Å². The van der Waals surface area contributed by atoms with Crippen molar-refractivity contribution in [1.29, 1.82) is 0 Å². The van der Waals surface area contributed by atoms with Gasteiger partial charge in [0, 0.05) is 17.8 Å². The van der Waals surface area contributed by atoms with E-state index in [0.717, 1.165) is 11.3 Å². The highest BCUT2D eigenvalue weighted by atomic mass is 16.5. The van der Waals surface area contributed by atoms with E-state index in [2.05, 4.69) is 15.3 Å². The Labute approximate surface area is 129 Å². The van der Waals surface area contributed by atoms with E-state index in [4.69, 9.17) is 9.47 Å². The number of carbonyl (C=O) groups excluding carboxylic acids is 1. The molecule has 2 aromatic rings. The molecule has 2 rings (SSSR count). The zero-order chi connectivity index (χ0) is 16.1. The molecule has 22 heavy (non-hydrogen) atoms. The third-order valence-corrected chi connectivity index (χ3v) is 3.27. The van der Waals surface area contributed by atoms with Gasteiger partial charge in [-0.25, -0.2) is 4.98 Å². The van der Waals surface area contributed by atoms with Crippen molar-refractivity contribution < 1.29 is 14.3 Å². The third-order valence-electron chi connectivity index (χ3n) is 3.27. The van der Waals surface area contributed by atoms with Crippen LogP contribution in [0.3, 0.4) is 0 Å². The molecule has 1 N–H and O–H groups in total. The Morgan fingerprint density at radius 2 is 1.95 bits per heavy atom. The Bertz CT molecular complexity index is 656. The van der Waals surface area contributed by atoms with Crippen LogP contribution in [0.4, 0.5) is 0 Å². The SMILES string of the molecule is COc1ccc(C(C)NC(=O)c2cnc(C)cn2)c(OC)c1. The van der Waals surface area contributed by atoms with Crippen LogP contribution >= 0.6 is 0 Å². The fourth-order valence-corrected chi connectivity index (χ4v) is 2.03. The monoisotopic (exact) mass is 301 g/mol. The van der Waals surface area contributed by atoms with Gasteiger partial charge in [0.15, 0.2) is 0 Å². The second kappa shape index (κ2) is 6.89. The number of nitrogens with one attached hydrogen (secondary N) is 1. The molecule has 1 atom stereocenters. The Hall–Kier alpha value is -2.63. The summed E-state index contributed by atoms with van der Waals surface area (Å²) in [6.07, 6.45) is 3.02. The molecule has 0 radical (unpaired) electrons. The first-order chi connectivity index (χ1) is 10.5. The quantitative estimate of drug-likeness (QED) is 0.917. The lowest BCUT2D eigenvalue weighted by Crippen LogP contribution is -2.27. The van der Waals surface area contributed by atoms with E-state index >= 15 is 0 Å². The number of aromatic nitrogens is 2. The van der Waals surface area contributed by atoms with Crippen LogP contribution in [0.25, 0.3) is 0 Å². The highest BCUT2D eigenvalue weighted by molar-refractivity contribution is 5.92. The molecule has 1 heterocycles. The maximum atomic E-state index is 12.2. The largest absolute Gasteiger partial charge is 0.497 e. The van der Waals surface area contributed by atoms with Gasteiger partial charge in [-0.3, -0.25) is 9.78 Å². The minimum atomic E-state index is -0.280. The van der Waals surface area contributed by atoms with Crippen molar-refractivity contribution in [2.75, 3.05) is 14.2 Å². The first-order valence-corrected chi connectivity index (χ1v) is 6.86. The molecule has 0 fully saturated rings. The van der Waals surface area contributed by atoms with Gasteiger partial charge in [0.25, 0.3) is 5.91 Å². The minimum absolute atomic E-state index is 0.239. The van der Waals surface area contributed by atoms with Gasteiger partial charge in [0.2, 0.25) is 0 Å². The summed E-state index contributed by atoms with van der Waals surface area (Å²) in [6, 6.07) is 5.23.